The number of benzene rings is 1. The molecule has 0 saturated heterocycles. The van der Waals surface area contributed by atoms with Gasteiger partial charge in [0.25, 0.3) is 0 Å². The topological polar surface area (TPSA) is 38.3 Å². The van der Waals surface area contributed by atoms with Crippen LogP contribution in [0.4, 0.5) is 4.79 Å². The normalized spacial score (nSPS) is 23.3. The summed E-state index contributed by atoms with van der Waals surface area (Å²) in [6.45, 7) is 2.23. The smallest absolute Gasteiger partial charge is 0.407 e. The Bertz CT molecular complexity index is 337. The molecule has 3 heteroatoms. The lowest BCUT2D eigenvalue weighted by atomic mass is 10.1. The molecule has 0 aliphatic heterocycles. The molecule has 2 atom stereocenters. The van der Waals surface area contributed by atoms with Gasteiger partial charge in [-0.05, 0) is 18.9 Å². The predicted molar refractivity (Wildman–Crippen MR) is 57.7 cm³/mol. The molecule has 80 valence electrons. The van der Waals surface area contributed by atoms with Crippen LogP contribution in [-0.2, 0) is 4.74 Å². The first-order valence-electron chi connectivity index (χ1n) is 5.29. The Morgan fingerprint density at radius 3 is 2.87 bits per heavy atom. The van der Waals surface area contributed by atoms with Gasteiger partial charge in [-0.25, -0.2) is 4.79 Å². The van der Waals surface area contributed by atoms with E-state index in [0.717, 1.165) is 6.42 Å². The van der Waals surface area contributed by atoms with Crippen LogP contribution in [0.25, 0.3) is 0 Å². The molecule has 0 spiro atoms. The van der Waals surface area contributed by atoms with E-state index in [4.69, 9.17) is 4.74 Å². The van der Waals surface area contributed by atoms with Crippen LogP contribution in [0.5, 0.6) is 0 Å². The third-order valence-electron chi connectivity index (χ3n) is 2.60. The summed E-state index contributed by atoms with van der Waals surface area (Å²) >= 11 is 0. The zero-order chi connectivity index (χ0) is 10.7. The average molecular weight is 205 g/mol. The van der Waals surface area contributed by atoms with Crippen molar-refractivity contribution >= 4 is 6.09 Å². The highest BCUT2D eigenvalue weighted by molar-refractivity contribution is 5.68. The Morgan fingerprint density at radius 1 is 1.47 bits per heavy atom. The molecule has 1 aliphatic rings. The van der Waals surface area contributed by atoms with Crippen molar-refractivity contribution in [2.45, 2.75) is 25.3 Å². The monoisotopic (exact) mass is 205 g/mol. The number of carbonyl (C=O) groups is 1. The van der Waals surface area contributed by atoms with Crippen molar-refractivity contribution < 1.29 is 9.53 Å². The zero-order valence-electron chi connectivity index (χ0n) is 8.77. The number of hydrogen-bond acceptors (Lipinski definition) is 2. The van der Waals surface area contributed by atoms with Gasteiger partial charge in [-0.2, -0.15) is 0 Å². The highest BCUT2D eigenvalue weighted by atomic mass is 16.5. The summed E-state index contributed by atoms with van der Waals surface area (Å²) in [5, 5.41) is 2.84. The molecule has 2 rings (SSSR count). The molecule has 1 aromatic rings. The van der Waals surface area contributed by atoms with Gasteiger partial charge in [-0.1, -0.05) is 30.3 Å². The molecule has 1 N–H and O–H groups in total. The van der Waals surface area contributed by atoms with Gasteiger partial charge in [-0.15, -0.1) is 0 Å². The van der Waals surface area contributed by atoms with Crippen molar-refractivity contribution in [3.63, 3.8) is 0 Å². The van der Waals surface area contributed by atoms with Crippen molar-refractivity contribution in [3.05, 3.63) is 35.9 Å². The second kappa shape index (κ2) is 4.34. The van der Waals surface area contributed by atoms with Crippen molar-refractivity contribution in [1.29, 1.82) is 0 Å². The van der Waals surface area contributed by atoms with Gasteiger partial charge in [0.1, 0.15) is 0 Å². The summed E-state index contributed by atoms with van der Waals surface area (Å²) in [6.07, 6.45) is 0.712. The Hall–Kier alpha value is -1.51. The third kappa shape index (κ3) is 2.49. The van der Waals surface area contributed by atoms with Crippen LogP contribution in [0.3, 0.4) is 0 Å². The lowest BCUT2D eigenvalue weighted by molar-refractivity contribution is 0.151. The number of carbonyl (C=O) groups excluding carboxylic acids is 1. The first kappa shape index (κ1) is 10.0. The molecule has 1 aliphatic carbocycles. The van der Waals surface area contributed by atoms with Crippen LogP contribution in [0.15, 0.2) is 30.3 Å². The van der Waals surface area contributed by atoms with Crippen molar-refractivity contribution in [1.82, 2.24) is 5.32 Å². The Morgan fingerprint density at radius 2 is 2.20 bits per heavy atom. The van der Waals surface area contributed by atoms with E-state index in [2.05, 4.69) is 17.4 Å². The first-order chi connectivity index (χ1) is 7.31. The van der Waals surface area contributed by atoms with Crippen LogP contribution in [0.1, 0.15) is 24.8 Å². The first-order valence-corrected chi connectivity index (χ1v) is 5.29. The van der Waals surface area contributed by atoms with Crippen LogP contribution >= 0.6 is 0 Å². The van der Waals surface area contributed by atoms with E-state index in [9.17, 15) is 4.79 Å². The maximum Gasteiger partial charge on any atom is 0.407 e. The second-order valence-electron chi connectivity index (χ2n) is 3.72. The van der Waals surface area contributed by atoms with Gasteiger partial charge in [0.15, 0.2) is 0 Å². The summed E-state index contributed by atoms with van der Waals surface area (Å²) < 4.78 is 4.83. The second-order valence-corrected chi connectivity index (χ2v) is 3.72. The van der Waals surface area contributed by atoms with Crippen molar-refractivity contribution in [2.24, 2.45) is 0 Å². The number of rotatable bonds is 3. The fourth-order valence-electron chi connectivity index (χ4n) is 1.75. The predicted octanol–water partition coefficient (Wildman–Crippen LogP) is 2.29. The minimum absolute atomic E-state index is 0.256. The SMILES string of the molecule is CCOC(=O)NC1CC1c1ccccc1. The van der Waals surface area contributed by atoms with Crippen LogP contribution in [0, 0.1) is 0 Å². The molecule has 0 radical (unpaired) electrons. The molecule has 1 fully saturated rings. The standard InChI is InChI=1S/C12H15NO2/c1-2-15-12(14)13-11-8-10(11)9-6-4-3-5-7-9/h3-7,10-11H,2,8H2,1H3,(H,13,14). The fourth-order valence-corrected chi connectivity index (χ4v) is 1.75. The molecule has 0 heterocycles. The van der Waals surface area contributed by atoms with E-state index in [1.807, 2.05) is 18.2 Å². The number of amides is 1. The highest BCUT2D eigenvalue weighted by Crippen LogP contribution is 2.40. The number of hydrogen-bond donors (Lipinski definition) is 1. The van der Waals surface area contributed by atoms with Gasteiger partial charge < -0.3 is 10.1 Å². The van der Waals surface area contributed by atoms with E-state index >= 15 is 0 Å². The maximum atomic E-state index is 11.1. The molecule has 1 amide bonds. The fraction of sp³-hybridized carbons (Fsp3) is 0.417. The molecule has 0 bridgehead atoms. The molecular formula is C12H15NO2. The van der Waals surface area contributed by atoms with Gasteiger partial charge in [0.2, 0.25) is 0 Å². The highest BCUT2D eigenvalue weighted by Gasteiger charge is 2.39. The molecule has 3 nitrogen and oxygen atoms in total. The summed E-state index contributed by atoms with van der Waals surface area (Å²) in [7, 11) is 0. The van der Waals surface area contributed by atoms with Crippen LogP contribution < -0.4 is 5.32 Å². The lowest BCUT2D eigenvalue weighted by Gasteiger charge is -2.04. The molecule has 1 aromatic carbocycles. The van der Waals surface area contributed by atoms with Gasteiger partial charge in [-0.3, -0.25) is 0 Å². The summed E-state index contributed by atoms with van der Waals surface area (Å²) in [5.74, 6) is 0.468. The van der Waals surface area contributed by atoms with Crippen molar-refractivity contribution in [3.8, 4) is 0 Å². The molecular weight excluding hydrogens is 190 g/mol. The van der Waals surface area contributed by atoms with E-state index in [1.165, 1.54) is 5.56 Å². The summed E-state index contributed by atoms with van der Waals surface area (Å²) in [4.78, 5) is 11.1. The van der Waals surface area contributed by atoms with E-state index < -0.39 is 0 Å². The maximum absolute atomic E-state index is 11.1. The van der Waals surface area contributed by atoms with E-state index in [0.29, 0.717) is 12.5 Å². The molecule has 2 unspecified atom stereocenters. The number of ether oxygens (including phenoxy) is 1. The quantitative estimate of drug-likeness (QED) is 0.822. The molecule has 15 heavy (non-hydrogen) atoms. The van der Waals surface area contributed by atoms with Crippen LogP contribution in [-0.4, -0.2) is 18.7 Å². The minimum Gasteiger partial charge on any atom is -0.450 e. The van der Waals surface area contributed by atoms with Gasteiger partial charge >= 0.3 is 6.09 Å². The zero-order valence-corrected chi connectivity index (χ0v) is 8.77. The summed E-state index contributed by atoms with van der Waals surface area (Å²) in [5.41, 5.74) is 1.29. The van der Waals surface area contributed by atoms with Gasteiger partial charge in [0, 0.05) is 12.0 Å². The third-order valence-corrected chi connectivity index (χ3v) is 2.60. The Kier molecular flexibility index (Phi) is 2.90. The van der Waals surface area contributed by atoms with Crippen molar-refractivity contribution in [2.75, 3.05) is 6.61 Å². The number of alkyl carbamates (subject to hydrolysis) is 1. The lowest BCUT2D eigenvalue weighted by Crippen LogP contribution is -2.27. The molecule has 1 saturated carbocycles. The average Bonchev–Trinajstić information content (AvgIpc) is 2.99. The number of nitrogens with one attached hydrogen (secondary N) is 1. The Labute approximate surface area is 89.4 Å². The van der Waals surface area contributed by atoms with E-state index in [1.54, 1.807) is 6.92 Å². The minimum atomic E-state index is -0.305. The summed E-state index contributed by atoms with van der Waals surface area (Å²) in [6, 6.07) is 10.5. The Balaban J connectivity index is 1.84. The van der Waals surface area contributed by atoms with Gasteiger partial charge in [0.05, 0.1) is 6.61 Å². The largest absolute Gasteiger partial charge is 0.450 e. The molecule has 0 aromatic heterocycles. The van der Waals surface area contributed by atoms with E-state index in [-0.39, 0.29) is 12.1 Å². The van der Waals surface area contributed by atoms with Crippen LogP contribution in [0.2, 0.25) is 0 Å².